The molecular weight excluding hydrogens is 925 g/mol. The molecule has 0 aromatic heterocycles. The van der Waals surface area contributed by atoms with Crippen LogP contribution in [0.15, 0.2) is 60.7 Å². The Hall–Kier alpha value is -3.44. The van der Waals surface area contributed by atoms with Crippen molar-refractivity contribution < 1.29 is 35.5 Å². The summed E-state index contributed by atoms with van der Waals surface area (Å²) in [5.74, 6) is 1.16. The molecule has 4 aromatic rings. The van der Waals surface area contributed by atoms with Gasteiger partial charge < -0.3 is 36.6 Å². The van der Waals surface area contributed by atoms with Crippen LogP contribution in [0.5, 0.6) is 11.5 Å². The number of ether oxygens (including phenoxy) is 2. The van der Waals surface area contributed by atoms with Crippen LogP contribution in [0.25, 0.3) is 0 Å². The van der Waals surface area contributed by atoms with Gasteiger partial charge in [0.05, 0.1) is 35.7 Å². The van der Waals surface area contributed by atoms with E-state index in [9.17, 15) is 9.59 Å². The zero-order chi connectivity index (χ0) is 49.2. The minimum absolute atomic E-state index is 0.199. The molecule has 0 radical (unpaired) electrons. The van der Waals surface area contributed by atoms with Crippen LogP contribution in [0.3, 0.4) is 0 Å². The van der Waals surface area contributed by atoms with E-state index < -0.39 is 50.4 Å². The monoisotopic (exact) mass is 1000 g/mol. The highest BCUT2D eigenvalue weighted by molar-refractivity contribution is 6.88. The minimum Gasteiger partial charge on any atom is -0.494 e. The molecular formula is C50H78N2O8Si6. The number of carbonyl (C=O) groups excluding carboxylic acids is 2. The molecule has 360 valence electrons. The summed E-state index contributed by atoms with van der Waals surface area (Å²) in [5, 5.41) is 7.17. The van der Waals surface area contributed by atoms with Crippen LogP contribution in [0.4, 0.5) is 22.7 Å². The zero-order valence-corrected chi connectivity index (χ0v) is 49.3. The van der Waals surface area contributed by atoms with Crippen molar-refractivity contribution in [2.75, 3.05) is 23.8 Å². The average Bonchev–Trinajstić information content (AvgIpc) is 3.14. The molecule has 0 amide bonds. The molecule has 1 aliphatic carbocycles. The van der Waals surface area contributed by atoms with Crippen molar-refractivity contribution in [3.05, 3.63) is 105 Å². The Labute approximate surface area is 402 Å². The van der Waals surface area contributed by atoms with E-state index in [1.807, 2.05) is 64.1 Å². The van der Waals surface area contributed by atoms with Crippen LogP contribution in [0, 0.1) is 27.7 Å². The topological polar surface area (TPSA) is 114 Å². The molecule has 0 aliphatic heterocycles. The smallest absolute Gasteiger partial charge is 0.314 e. The van der Waals surface area contributed by atoms with Crippen LogP contribution < -0.4 is 20.1 Å². The van der Waals surface area contributed by atoms with Crippen molar-refractivity contribution in [2.24, 2.45) is 0 Å². The van der Waals surface area contributed by atoms with Crippen LogP contribution in [0.2, 0.25) is 104 Å². The van der Waals surface area contributed by atoms with Gasteiger partial charge in [-0.1, -0.05) is 24.3 Å². The van der Waals surface area contributed by atoms with Gasteiger partial charge in [-0.3, -0.25) is 9.59 Å². The molecule has 0 fully saturated rings. The summed E-state index contributed by atoms with van der Waals surface area (Å²) < 4.78 is 39.5. The van der Waals surface area contributed by atoms with Gasteiger partial charge in [-0.2, -0.15) is 0 Å². The molecule has 0 saturated heterocycles. The second-order valence-electron chi connectivity index (χ2n) is 22.3. The molecule has 5 rings (SSSR count). The predicted octanol–water partition coefficient (Wildman–Crippen LogP) is 14.3. The van der Waals surface area contributed by atoms with E-state index in [0.717, 1.165) is 70.1 Å². The summed E-state index contributed by atoms with van der Waals surface area (Å²) in [6.07, 6.45) is 1.67. The molecule has 0 heterocycles. The molecule has 0 atom stereocenters. The first-order chi connectivity index (χ1) is 30.3. The largest absolute Gasteiger partial charge is 0.494 e. The summed E-state index contributed by atoms with van der Waals surface area (Å²) in [6, 6.07) is 20.7. The molecule has 2 N–H and O–H groups in total. The van der Waals surface area contributed by atoms with E-state index in [-0.39, 0.29) is 11.6 Å². The molecule has 10 nitrogen and oxygen atoms in total. The predicted molar refractivity (Wildman–Crippen MR) is 289 cm³/mol. The van der Waals surface area contributed by atoms with Gasteiger partial charge in [0, 0.05) is 22.5 Å². The third kappa shape index (κ3) is 14.8. The lowest BCUT2D eigenvalue weighted by Crippen LogP contribution is -2.52. The first-order valence-electron chi connectivity index (χ1n) is 23.5. The quantitative estimate of drug-likeness (QED) is 0.0513. The Bertz CT molecular complexity index is 2170. The van der Waals surface area contributed by atoms with E-state index in [0.29, 0.717) is 46.8 Å². The normalized spacial score (nSPS) is 13.7. The van der Waals surface area contributed by atoms with Crippen molar-refractivity contribution in [2.45, 2.75) is 144 Å². The van der Waals surface area contributed by atoms with Gasteiger partial charge in [-0.15, -0.1) is 0 Å². The highest BCUT2D eigenvalue weighted by Gasteiger charge is 2.41. The van der Waals surface area contributed by atoms with Crippen LogP contribution in [-0.2, 0) is 16.5 Å². The summed E-state index contributed by atoms with van der Waals surface area (Å²) in [5.41, 5.74) is 8.19. The first-order valence-corrected chi connectivity index (χ1v) is 42.2. The van der Waals surface area contributed by atoms with E-state index in [2.05, 4.69) is 102 Å². The maximum absolute atomic E-state index is 14.5. The maximum Gasteiger partial charge on any atom is 0.314 e. The minimum atomic E-state index is -2.36. The summed E-state index contributed by atoms with van der Waals surface area (Å²) in [7, 11) is -11.9. The summed E-state index contributed by atoms with van der Waals surface area (Å²) in [6.45, 7) is 40.4. The molecule has 66 heavy (non-hydrogen) atoms. The van der Waals surface area contributed by atoms with Gasteiger partial charge in [0.15, 0.2) is 44.8 Å². The third-order valence-electron chi connectivity index (χ3n) is 10.8. The van der Waals surface area contributed by atoms with Crippen molar-refractivity contribution in [3.63, 3.8) is 0 Å². The standard InChI is InChI=1S/C50H78N2O8Si6/c1-35-31-39(55-27-21-29-65(17,57-61(5,6)7)58-62(8,9)10)32-36(2)47(35)51-43-25-26-44(46-45(43)49(53)41-23-19-20-24-42(41)50(46)54)52-48-37(3)33-40(34-38(48)4)56-28-22-30-66(18,59-63(11,12)13)60-64(14,15)16/h19-20,23-26,31-34,51-52H,21-22,27-30H2,1-18H3. The van der Waals surface area contributed by atoms with E-state index >= 15 is 0 Å². The second-order valence-corrected chi connectivity index (χ2v) is 48.0. The molecule has 0 unspecified atom stereocenters. The van der Waals surface area contributed by atoms with Crippen molar-refractivity contribution >= 4 is 84.7 Å². The Morgan fingerprint density at radius 1 is 0.439 bits per heavy atom. The number of anilines is 4. The Morgan fingerprint density at radius 2 is 0.727 bits per heavy atom. The van der Waals surface area contributed by atoms with Crippen LogP contribution >= 0.6 is 0 Å². The van der Waals surface area contributed by atoms with Crippen molar-refractivity contribution in [3.8, 4) is 11.5 Å². The van der Waals surface area contributed by atoms with Crippen LogP contribution in [-0.4, -0.2) is 75.2 Å². The number of carbonyl (C=O) groups is 2. The number of hydrogen-bond donors (Lipinski definition) is 2. The highest BCUT2D eigenvalue weighted by Crippen LogP contribution is 2.41. The molecule has 4 aromatic carbocycles. The summed E-state index contributed by atoms with van der Waals surface area (Å²) >= 11 is 0. The second kappa shape index (κ2) is 20.7. The number of ketones is 2. The molecule has 0 bridgehead atoms. The lowest BCUT2D eigenvalue weighted by Gasteiger charge is -2.38. The lowest BCUT2D eigenvalue weighted by molar-refractivity contribution is 0.0980. The van der Waals surface area contributed by atoms with Gasteiger partial charge in [0.25, 0.3) is 0 Å². The zero-order valence-electron chi connectivity index (χ0n) is 43.3. The van der Waals surface area contributed by atoms with Crippen LogP contribution in [0.1, 0.15) is 66.9 Å². The van der Waals surface area contributed by atoms with E-state index in [4.69, 9.17) is 25.9 Å². The third-order valence-corrected chi connectivity index (χ3v) is 30.0. The lowest BCUT2D eigenvalue weighted by atomic mass is 9.82. The van der Waals surface area contributed by atoms with Crippen molar-refractivity contribution in [1.29, 1.82) is 0 Å². The molecule has 0 saturated carbocycles. The average molecular weight is 1000 g/mol. The summed E-state index contributed by atoms with van der Waals surface area (Å²) in [4.78, 5) is 29.0. The molecule has 16 heteroatoms. The Kier molecular flexibility index (Phi) is 16.7. The molecule has 1 aliphatic rings. The number of fused-ring (bicyclic) bond motifs is 2. The highest BCUT2D eigenvalue weighted by atomic mass is 28.5. The van der Waals surface area contributed by atoms with E-state index in [1.165, 1.54) is 0 Å². The van der Waals surface area contributed by atoms with Crippen molar-refractivity contribution in [1.82, 2.24) is 0 Å². The van der Waals surface area contributed by atoms with Gasteiger partial charge in [-0.25, -0.2) is 0 Å². The number of rotatable bonds is 22. The Balaban J connectivity index is 1.36. The number of hydrogen-bond acceptors (Lipinski definition) is 10. The SMILES string of the molecule is Cc1cc(OCCC[Si](C)(O[Si](C)(C)C)O[Si](C)(C)C)cc(C)c1Nc1ccc(Nc2c(C)cc(OCCC[Si](C)(O[Si](C)(C)C)O[Si](C)(C)C)cc2C)c2c1C(=O)c1ccccc1C2=O. The number of nitrogens with one attached hydrogen (secondary N) is 2. The first kappa shape index (κ1) is 53.5. The maximum atomic E-state index is 14.5. The molecule has 0 spiro atoms. The number of aryl methyl sites for hydroxylation is 4. The van der Waals surface area contributed by atoms with E-state index in [1.54, 1.807) is 24.3 Å². The van der Waals surface area contributed by atoms with Gasteiger partial charge >= 0.3 is 17.1 Å². The fourth-order valence-corrected chi connectivity index (χ4v) is 34.1. The van der Waals surface area contributed by atoms with Gasteiger partial charge in [-0.05, 0) is 203 Å². The Morgan fingerprint density at radius 3 is 1.00 bits per heavy atom. The van der Waals surface area contributed by atoms with Gasteiger partial charge in [0.2, 0.25) is 0 Å². The number of benzene rings is 4. The van der Waals surface area contributed by atoms with Gasteiger partial charge in [0.1, 0.15) is 11.5 Å². The fraction of sp³-hybridized carbons (Fsp3) is 0.480. The fourth-order valence-electron chi connectivity index (χ4n) is 9.11.